The van der Waals surface area contributed by atoms with E-state index in [-0.39, 0.29) is 0 Å². The van der Waals surface area contributed by atoms with E-state index in [2.05, 4.69) is 79.5 Å². The van der Waals surface area contributed by atoms with Crippen LogP contribution >= 0.6 is 0 Å². The molecule has 0 fully saturated rings. The van der Waals surface area contributed by atoms with Crippen molar-refractivity contribution in [1.29, 1.82) is 0 Å². The van der Waals surface area contributed by atoms with Crippen LogP contribution in [0, 0.1) is 0 Å². The van der Waals surface area contributed by atoms with Crippen LogP contribution in [0.4, 0.5) is 0 Å². The Morgan fingerprint density at radius 3 is 2.54 bits per heavy atom. The SMILES string of the molecule is CCC(C)c1cccc2c(CCCCN)c(-c3ccc4ccccc4c3)[nH]c12. The third-order valence-corrected chi connectivity index (χ3v) is 6.04. The van der Waals surface area contributed by atoms with E-state index in [9.17, 15) is 0 Å². The summed E-state index contributed by atoms with van der Waals surface area (Å²) in [4.78, 5) is 3.82. The molecule has 1 unspecified atom stereocenters. The van der Waals surface area contributed by atoms with Crippen LogP contribution in [0.3, 0.4) is 0 Å². The van der Waals surface area contributed by atoms with Crippen molar-refractivity contribution in [3.05, 3.63) is 71.8 Å². The summed E-state index contributed by atoms with van der Waals surface area (Å²) in [5.41, 5.74) is 12.5. The number of rotatable bonds is 7. The number of fused-ring (bicyclic) bond motifs is 2. The molecule has 0 aliphatic carbocycles. The van der Waals surface area contributed by atoms with Gasteiger partial charge in [-0.05, 0) is 71.7 Å². The number of para-hydroxylation sites is 1. The molecular formula is C26H30N2. The van der Waals surface area contributed by atoms with Gasteiger partial charge in [0.1, 0.15) is 0 Å². The number of nitrogens with two attached hydrogens (primary N) is 1. The Morgan fingerprint density at radius 2 is 1.75 bits per heavy atom. The maximum Gasteiger partial charge on any atom is 0.0497 e. The molecule has 4 rings (SSSR count). The van der Waals surface area contributed by atoms with E-state index < -0.39 is 0 Å². The lowest BCUT2D eigenvalue weighted by molar-refractivity contribution is 0.738. The van der Waals surface area contributed by atoms with E-state index >= 15 is 0 Å². The quantitative estimate of drug-likeness (QED) is 0.346. The van der Waals surface area contributed by atoms with Gasteiger partial charge in [-0.1, -0.05) is 68.4 Å². The van der Waals surface area contributed by atoms with Crippen molar-refractivity contribution in [2.24, 2.45) is 5.73 Å². The van der Waals surface area contributed by atoms with Crippen molar-refractivity contribution in [2.45, 2.75) is 45.4 Å². The molecule has 1 atom stereocenters. The molecule has 3 aromatic carbocycles. The van der Waals surface area contributed by atoms with Gasteiger partial charge in [0.2, 0.25) is 0 Å². The lowest BCUT2D eigenvalue weighted by Crippen LogP contribution is -1.99. The normalized spacial score (nSPS) is 12.7. The first-order chi connectivity index (χ1) is 13.7. The first kappa shape index (κ1) is 18.8. The summed E-state index contributed by atoms with van der Waals surface area (Å²) in [5.74, 6) is 0.545. The molecule has 0 amide bonds. The highest BCUT2D eigenvalue weighted by Crippen LogP contribution is 2.36. The molecule has 3 N–H and O–H groups in total. The molecule has 2 nitrogen and oxygen atoms in total. The van der Waals surface area contributed by atoms with Gasteiger partial charge in [-0.25, -0.2) is 0 Å². The second-order valence-electron chi connectivity index (χ2n) is 7.87. The number of hydrogen-bond acceptors (Lipinski definition) is 1. The van der Waals surface area contributed by atoms with Crippen LogP contribution < -0.4 is 5.73 Å². The molecular weight excluding hydrogens is 340 g/mol. The number of H-pyrrole nitrogens is 1. The molecule has 0 saturated carbocycles. The van der Waals surface area contributed by atoms with Gasteiger partial charge in [0, 0.05) is 16.6 Å². The standard InChI is InChI=1S/C26H30N2/c1-3-18(2)22-12-8-13-24-23(11-6-7-16-27)25(28-26(22)24)21-15-14-19-9-4-5-10-20(19)17-21/h4-5,8-10,12-15,17-18,28H,3,6-7,11,16,27H2,1-2H3. The van der Waals surface area contributed by atoms with Crippen LogP contribution in [0.2, 0.25) is 0 Å². The number of benzene rings is 3. The second-order valence-corrected chi connectivity index (χ2v) is 7.87. The Kier molecular flexibility index (Phi) is 5.50. The fourth-order valence-corrected chi connectivity index (χ4v) is 4.22. The lowest BCUT2D eigenvalue weighted by atomic mass is 9.94. The van der Waals surface area contributed by atoms with Crippen molar-refractivity contribution < 1.29 is 0 Å². The highest BCUT2D eigenvalue weighted by atomic mass is 14.7. The van der Waals surface area contributed by atoms with Gasteiger partial charge in [-0.15, -0.1) is 0 Å². The number of aromatic nitrogens is 1. The molecule has 0 spiro atoms. The first-order valence-corrected chi connectivity index (χ1v) is 10.6. The Hall–Kier alpha value is -2.58. The minimum absolute atomic E-state index is 0.545. The summed E-state index contributed by atoms with van der Waals surface area (Å²) < 4.78 is 0. The molecule has 1 aromatic heterocycles. The van der Waals surface area contributed by atoms with Crippen molar-refractivity contribution in [3.8, 4) is 11.3 Å². The zero-order valence-corrected chi connectivity index (χ0v) is 17.0. The molecule has 0 radical (unpaired) electrons. The van der Waals surface area contributed by atoms with E-state index in [0.717, 1.165) is 32.2 Å². The fraction of sp³-hybridized carbons (Fsp3) is 0.308. The number of hydrogen-bond donors (Lipinski definition) is 2. The van der Waals surface area contributed by atoms with Crippen LogP contribution in [0.25, 0.3) is 32.9 Å². The van der Waals surface area contributed by atoms with E-state index in [4.69, 9.17) is 5.73 Å². The van der Waals surface area contributed by atoms with Crippen molar-refractivity contribution >= 4 is 21.7 Å². The number of nitrogens with one attached hydrogen (secondary N) is 1. The minimum atomic E-state index is 0.545. The van der Waals surface area contributed by atoms with E-state index in [0.29, 0.717) is 5.92 Å². The second kappa shape index (κ2) is 8.20. The summed E-state index contributed by atoms with van der Waals surface area (Å²) in [6.45, 7) is 5.34. The smallest absolute Gasteiger partial charge is 0.0497 e. The Bertz CT molecular complexity index is 1090. The van der Waals surface area contributed by atoms with Gasteiger partial charge >= 0.3 is 0 Å². The van der Waals surface area contributed by atoms with Gasteiger partial charge in [0.05, 0.1) is 0 Å². The molecule has 0 saturated heterocycles. The predicted octanol–water partition coefficient (Wildman–Crippen LogP) is 6.78. The number of aromatic amines is 1. The summed E-state index contributed by atoms with van der Waals surface area (Å²) in [6, 6.07) is 22.2. The predicted molar refractivity (Wildman–Crippen MR) is 122 cm³/mol. The highest BCUT2D eigenvalue weighted by Gasteiger charge is 2.17. The van der Waals surface area contributed by atoms with Gasteiger partial charge in [0.25, 0.3) is 0 Å². The van der Waals surface area contributed by atoms with E-state index in [1.165, 1.54) is 44.1 Å². The van der Waals surface area contributed by atoms with Crippen LogP contribution in [0.5, 0.6) is 0 Å². The van der Waals surface area contributed by atoms with Crippen LogP contribution in [0.1, 0.15) is 50.2 Å². The zero-order chi connectivity index (χ0) is 19.5. The van der Waals surface area contributed by atoms with Crippen LogP contribution in [0.15, 0.2) is 60.7 Å². The highest BCUT2D eigenvalue weighted by molar-refractivity contribution is 5.95. The van der Waals surface area contributed by atoms with Gasteiger partial charge in [-0.2, -0.15) is 0 Å². The summed E-state index contributed by atoms with van der Waals surface area (Å²) in [5, 5.41) is 3.94. The summed E-state index contributed by atoms with van der Waals surface area (Å²) in [6.07, 6.45) is 4.39. The monoisotopic (exact) mass is 370 g/mol. The van der Waals surface area contributed by atoms with Crippen molar-refractivity contribution in [3.63, 3.8) is 0 Å². The third kappa shape index (κ3) is 3.45. The maximum absolute atomic E-state index is 5.77. The maximum atomic E-state index is 5.77. The van der Waals surface area contributed by atoms with E-state index in [1.807, 2.05) is 0 Å². The number of aryl methyl sites for hydroxylation is 1. The number of unbranched alkanes of at least 4 members (excludes halogenated alkanes) is 1. The topological polar surface area (TPSA) is 41.8 Å². The molecule has 2 heteroatoms. The van der Waals surface area contributed by atoms with Crippen molar-refractivity contribution in [2.75, 3.05) is 6.54 Å². The average Bonchev–Trinajstić information content (AvgIpc) is 3.11. The fourth-order valence-electron chi connectivity index (χ4n) is 4.22. The molecule has 144 valence electrons. The van der Waals surface area contributed by atoms with Gasteiger partial charge in [-0.3, -0.25) is 0 Å². The third-order valence-electron chi connectivity index (χ3n) is 6.04. The Morgan fingerprint density at radius 1 is 0.929 bits per heavy atom. The molecule has 1 heterocycles. The first-order valence-electron chi connectivity index (χ1n) is 10.6. The van der Waals surface area contributed by atoms with Crippen LogP contribution in [-0.2, 0) is 6.42 Å². The summed E-state index contributed by atoms with van der Waals surface area (Å²) >= 11 is 0. The van der Waals surface area contributed by atoms with Crippen LogP contribution in [-0.4, -0.2) is 11.5 Å². The van der Waals surface area contributed by atoms with Crippen molar-refractivity contribution in [1.82, 2.24) is 4.98 Å². The minimum Gasteiger partial charge on any atom is -0.354 e. The zero-order valence-electron chi connectivity index (χ0n) is 17.0. The summed E-state index contributed by atoms with van der Waals surface area (Å²) in [7, 11) is 0. The Labute approximate surface area is 167 Å². The largest absolute Gasteiger partial charge is 0.354 e. The van der Waals surface area contributed by atoms with E-state index in [1.54, 1.807) is 0 Å². The average molecular weight is 371 g/mol. The molecule has 28 heavy (non-hydrogen) atoms. The molecule has 4 aromatic rings. The molecule has 0 aliphatic rings. The van der Waals surface area contributed by atoms with Gasteiger partial charge < -0.3 is 10.7 Å². The Balaban J connectivity index is 1.90. The molecule has 0 bridgehead atoms. The van der Waals surface area contributed by atoms with Gasteiger partial charge in [0.15, 0.2) is 0 Å². The lowest BCUT2D eigenvalue weighted by Gasteiger charge is -2.10. The molecule has 0 aliphatic heterocycles.